The molecule has 62 valence electrons. The molecule has 1 aliphatic rings. The summed E-state index contributed by atoms with van der Waals surface area (Å²) in [6, 6.07) is 6.21. The van der Waals surface area contributed by atoms with E-state index in [-0.39, 0.29) is 0 Å². The van der Waals surface area contributed by atoms with Gasteiger partial charge in [0.25, 0.3) is 0 Å². The number of hydrogen-bond acceptors (Lipinski definition) is 2. The molecule has 0 spiro atoms. The first-order chi connectivity index (χ1) is 5.68. The molecular formula is C10H12N2. The van der Waals surface area contributed by atoms with Crippen LogP contribution in [0.25, 0.3) is 12.3 Å². The zero-order valence-corrected chi connectivity index (χ0v) is 7.39. The summed E-state index contributed by atoms with van der Waals surface area (Å²) in [6.07, 6.45) is 0. The Morgan fingerprint density at radius 3 is 2.92 bits per heavy atom. The molecule has 0 bridgehead atoms. The van der Waals surface area contributed by atoms with Gasteiger partial charge in [-0.3, -0.25) is 5.01 Å². The number of nitrogens with one attached hydrogen (secondary N) is 1. The number of hydrazine groups is 1. The lowest BCUT2D eigenvalue weighted by molar-refractivity contribution is 0.877. The third kappa shape index (κ3) is 0.881. The van der Waals surface area contributed by atoms with Crippen molar-refractivity contribution in [2.24, 2.45) is 0 Å². The van der Waals surface area contributed by atoms with E-state index < -0.39 is 0 Å². The van der Waals surface area contributed by atoms with E-state index in [4.69, 9.17) is 0 Å². The van der Waals surface area contributed by atoms with Crippen molar-refractivity contribution in [2.75, 3.05) is 12.1 Å². The van der Waals surface area contributed by atoms with Crippen molar-refractivity contribution in [3.8, 4) is 0 Å². The maximum atomic E-state index is 3.89. The summed E-state index contributed by atoms with van der Waals surface area (Å²) in [5.74, 6) is 0. The Balaban J connectivity index is 2.79. The molecule has 2 rings (SSSR count). The van der Waals surface area contributed by atoms with E-state index in [0.717, 1.165) is 5.22 Å². The van der Waals surface area contributed by atoms with E-state index in [2.05, 4.69) is 31.1 Å². The fourth-order valence-corrected chi connectivity index (χ4v) is 1.54. The fraction of sp³-hybridized carbons (Fsp3) is 0.200. The van der Waals surface area contributed by atoms with Crippen LogP contribution in [0, 0.1) is 0 Å². The Morgan fingerprint density at radius 2 is 2.17 bits per heavy atom. The molecule has 2 nitrogen and oxygen atoms in total. The lowest BCUT2D eigenvalue weighted by Gasteiger charge is -2.13. The Hall–Kier alpha value is -1.44. The SMILES string of the molecule is C=c1ccc2c(c1)N(C)NC=2C. The van der Waals surface area contributed by atoms with Gasteiger partial charge >= 0.3 is 0 Å². The number of hydrogen-bond donors (Lipinski definition) is 1. The zero-order valence-electron chi connectivity index (χ0n) is 7.39. The molecule has 0 atom stereocenters. The Morgan fingerprint density at radius 1 is 1.42 bits per heavy atom. The number of benzene rings is 1. The first kappa shape index (κ1) is 7.22. The molecule has 0 fully saturated rings. The molecule has 1 aromatic rings. The second-order valence-electron chi connectivity index (χ2n) is 3.15. The lowest BCUT2D eigenvalue weighted by atomic mass is 10.2. The first-order valence-corrected chi connectivity index (χ1v) is 3.99. The minimum Gasteiger partial charge on any atom is -0.302 e. The zero-order chi connectivity index (χ0) is 8.72. The normalized spacial score (nSPS) is 14.5. The summed E-state index contributed by atoms with van der Waals surface area (Å²) in [7, 11) is 2.01. The highest BCUT2D eigenvalue weighted by atomic mass is 15.5. The minimum absolute atomic E-state index is 1.05. The number of fused-ring (bicyclic) bond motifs is 1. The van der Waals surface area contributed by atoms with Crippen LogP contribution >= 0.6 is 0 Å². The van der Waals surface area contributed by atoms with Gasteiger partial charge in [0.1, 0.15) is 0 Å². The first-order valence-electron chi connectivity index (χ1n) is 3.99. The summed E-state index contributed by atoms with van der Waals surface area (Å²) < 4.78 is 0. The number of rotatable bonds is 0. The Labute approximate surface area is 71.8 Å². The highest BCUT2D eigenvalue weighted by molar-refractivity contribution is 5.62. The van der Waals surface area contributed by atoms with Crippen molar-refractivity contribution in [3.63, 3.8) is 0 Å². The van der Waals surface area contributed by atoms with Crippen molar-refractivity contribution in [1.82, 2.24) is 5.43 Å². The van der Waals surface area contributed by atoms with E-state index in [1.54, 1.807) is 0 Å². The smallest absolute Gasteiger partial charge is 0.0664 e. The van der Waals surface area contributed by atoms with Gasteiger partial charge in [-0.25, -0.2) is 0 Å². The molecule has 0 unspecified atom stereocenters. The van der Waals surface area contributed by atoms with Gasteiger partial charge in [0.05, 0.1) is 5.69 Å². The highest BCUT2D eigenvalue weighted by Crippen LogP contribution is 2.08. The Bertz CT molecular complexity index is 420. The standard InChI is InChI=1S/C10H12N2/c1-7-4-5-9-8(2)11-12(3)10(9)6-7/h4-6,11H,1H2,2-3H3. The summed E-state index contributed by atoms with van der Waals surface area (Å²) >= 11 is 0. The van der Waals surface area contributed by atoms with Crippen LogP contribution in [0.15, 0.2) is 18.2 Å². The molecule has 0 saturated carbocycles. The van der Waals surface area contributed by atoms with Crippen LogP contribution in [0.3, 0.4) is 0 Å². The molecule has 1 N–H and O–H groups in total. The Kier molecular flexibility index (Phi) is 1.37. The summed E-state index contributed by atoms with van der Waals surface area (Å²) in [6.45, 7) is 5.97. The van der Waals surface area contributed by atoms with Crippen molar-refractivity contribution in [1.29, 1.82) is 0 Å². The van der Waals surface area contributed by atoms with Gasteiger partial charge in [-0.15, -0.1) is 0 Å². The van der Waals surface area contributed by atoms with E-state index in [1.165, 1.54) is 16.6 Å². The number of nitrogens with zero attached hydrogens (tertiary/aromatic N) is 1. The van der Waals surface area contributed by atoms with Gasteiger partial charge < -0.3 is 5.43 Å². The quantitative estimate of drug-likeness (QED) is 0.582. The fourth-order valence-electron chi connectivity index (χ4n) is 1.54. The van der Waals surface area contributed by atoms with Gasteiger partial charge in [0.15, 0.2) is 0 Å². The molecule has 0 aromatic heterocycles. The topological polar surface area (TPSA) is 15.3 Å². The van der Waals surface area contributed by atoms with Gasteiger partial charge in [0, 0.05) is 18.0 Å². The van der Waals surface area contributed by atoms with Gasteiger partial charge in [0.2, 0.25) is 0 Å². The molecular weight excluding hydrogens is 148 g/mol. The monoisotopic (exact) mass is 160 g/mol. The molecule has 1 aromatic carbocycles. The molecule has 0 radical (unpaired) electrons. The van der Waals surface area contributed by atoms with E-state index >= 15 is 0 Å². The second kappa shape index (κ2) is 2.27. The van der Waals surface area contributed by atoms with E-state index in [9.17, 15) is 0 Å². The van der Waals surface area contributed by atoms with Crippen molar-refractivity contribution < 1.29 is 0 Å². The summed E-state index contributed by atoms with van der Waals surface area (Å²) in [5, 5.41) is 4.33. The minimum atomic E-state index is 1.05. The maximum absolute atomic E-state index is 3.89. The second-order valence-corrected chi connectivity index (χ2v) is 3.15. The lowest BCUT2D eigenvalue weighted by Crippen LogP contribution is -2.27. The molecule has 0 amide bonds. The van der Waals surface area contributed by atoms with Crippen LogP contribution in [-0.4, -0.2) is 7.05 Å². The molecule has 2 heteroatoms. The third-order valence-corrected chi connectivity index (χ3v) is 2.16. The van der Waals surface area contributed by atoms with Crippen molar-refractivity contribution in [3.05, 3.63) is 28.6 Å². The number of anilines is 1. The van der Waals surface area contributed by atoms with Crippen LogP contribution in [-0.2, 0) is 0 Å². The van der Waals surface area contributed by atoms with Crippen LogP contribution in [0.4, 0.5) is 5.69 Å². The molecule has 12 heavy (non-hydrogen) atoms. The van der Waals surface area contributed by atoms with E-state index in [1.807, 2.05) is 18.1 Å². The van der Waals surface area contributed by atoms with Crippen molar-refractivity contribution in [2.45, 2.75) is 6.92 Å². The van der Waals surface area contributed by atoms with Gasteiger partial charge in [-0.05, 0) is 18.2 Å². The average Bonchev–Trinajstić information content (AvgIpc) is 2.28. The molecule has 1 aliphatic heterocycles. The molecule has 0 aliphatic carbocycles. The summed E-state index contributed by atoms with van der Waals surface area (Å²) in [5.41, 5.74) is 5.64. The third-order valence-electron chi connectivity index (χ3n) is 2.16. The van der Waals surface area contributed by atoms with Crippen molar-refractivity contribution >= 4 is 18.0 Å². The summed E-state index contributed by atoms with van der Waals surface area (Å²) in [4.78, 5) is 0. The van der Waals surface area contributed by atoms with Crippen LogP contribution in [0.1, 0.15) is 6.92 Å². The van der Waals surface area contributed by atoms with Crippen LogP contribution < -0.4 is 20.9 Å². The van der Waals surface area contributed by atoms with Gasteiger partial charge in [-0.1, -0.05) is 18.7 Å². The van der Waals surface area contributed by atoms with Crippen LogP contribution in [0.5, 0.6) is 0 Å². The van der Waals surface area contributed by atoms with Crippen LogP contribution in [0.2, 0.25) is 0 Å². The largest absolute Gasteiger partial charge is 0.302 e. The predicted octanol–water partition coefficient (Wildman–Crippen LogP) is 0.179. The molecule has 0 saturated heterocycles. The predicted molar refractivity (Wildman–Crippen MR) is 51.8 cm³/mol. The molecule has 1 heterocycles. The van der Waals surface area contributed by atoms with E-state index in [0.29, 0.717) is 0 Å². The maximum Gasteiger partial charge on any atom is 0.0664 e. The van der Waals surface area contributed by atoms with Gasteiger partial charge in [-0.2, -0.15) is 0 Å². The highest BCUT2D eigenvalue weighted by Gasteiger charge is 2.10. The average molecular weight is 160 g/mol.